The van der Waals surface area contributed by atoms with Gasteiger partial charge in [-0.25, -0.2) is 4.98 Å². The zero-order valence-electron chi connectivity index (χ0n) is 8.77. The maximum absolute atomic E-state index is 4.22. The third-order valence-corrected chi connectivity index (χ3v) is 2.62. The average molecular weight is 195 g/mol. The summed E-state index contributed by atoms with van der Waals surface area (Å²) in [7, 11) is 1.94. The Morgan fingerprint density at radius 1 is 1.64 bits per heavy atom. The van der Waals surface area contributed by atoms with E-state index in [1.54, 1.807) is 6.33 Å². The van der Waals surface area contributed by atoms with Crippen molar-refractivity contribution in [1.82, 2.24) is 25.0 Å². The van der Waals surface area contributed by atoms with Crippen LogP contribution in [0.5, 0.6) is 0 Å². The predicted molar refractivity (Wildman–Crippen MR) is 53.7 cm³/mol. The Morgan fingerprint density at radius 3 is 3.14 bits per heavy atom. The van der Waals surface area contributed by atoms with Crippen molar-refractivity contribution in [2.75, 3.05) is 19.6 Å². The summed E-state index contributed by atoms with van der Waals surface area (Å²) in [6, 6.07) is 0.581. The highest BCUT2D eigenvalue weighted by atomic mass is 15.3. The van der Waals surface area contributed by atoms with Crippen LogP contribution >= 0.6 is 0 Å². The van der Waals surface area contributed by atoms with Crippen LogP contribution in [0.1, 0.15) is 12.7 Å². The molecule has 2 rings (SSSR count). The van der Waals surface area contributed by atoms with Gasteiger partial charge in [-0.2, -0.15) is 5.10 Å². The Morgan fingerprint density at radius 2 is 2.50 bits per heavy atom. The average Bonchev–Trinajstić information content (AvgIpc) is 2.52. The highest BCUT2D eigenvalue weighted by Gasteiger charge is 2.16. The number of hydrogen-bond donors (Lipinski definition) is 1. The molecule has 78 valence electrons. The van der Waals surface area contributed by atoms with Gasteiger partial charge in [-0.15, -0.1) is 0 Å². The molecule has 0 unspecified atom stereocenters. The summed E-state index contributed by atoms with van der Waals surface area (Å²) in [5, 5.41) is 7.49. The second kappa shape index (κ2) is 4.06. The third kappa shape index (κ3) is 2.10. The van der Waals surface area contributed by atoms with Crippen molar-refractivity contribution in [2.24, 2.45) is 7.05 Å². The van der Waals surface area contributed by atoms with Crippen LogP contribution in [0.2, 0.25) is 0 Å². The summed E-state index contributed by atoms with van der Waals surface area (Å²) in [6.45, 7) is 6.37. The molecule has 1 fully saturated rings. The molecular formula is C9H17N5. The number of aryl methyl sites for hydroxylation is 1. The lowest BCUT2D eigenvalue weighted by molar-refractivity contribution is 0.193. The summed E-state index contributed by atoms with van der Waals surface area (Å²) in [5.41, 5.74) is 0. The number of piperazine rings is 1. The van der Waals surface area contributed by atoms with E-state index in [1.165, 1.54) is 0 Å². The molecule has 0 saturated carbocycles. The van der Waals surface area contributed by atoms with Gasteiger partial charge < -0.3 is 5.32 Å². The molecule has 1 atom stereocenters. The Balaban J connectivity index is 1.94. The molecule has 2 heterocycles. The van der Waals surface area contributed by atoms with E-state index in [9.17, 15) is 0 Å². The summed E-state index contributed by atoms with van der Waals surface area (Å²) in [5.74, 6) is 1.04. The molecule has 0 aromatic carbocycles. The fraction of sp³-hybridized carbons (Fsp3) is 0.778. The first-order valence-corrected chi connectivity index (χ1v) is 5.04. The van der Waals surface area contributed by atoms with Crippen molar-refractivity contribution in [3.63, 3.8) is 0 Å². The van der Waals surface area contributed by atoms with Crippen molar-refractivity contribution < 1.29 is 0 Å². The quantitative estimate of drug-likeness (QED) is 0.698. The molecule has 1 N–H and O–H groups in total. The van der Waals surface area contributed by atoms with Crippen LogP contribution in [-0.2, 0) is 13.6 Å². The number of nitrogens with one attached hydrogen (secondary N) is 1. The zero-order valence-corrected chi connectivity index (χ0v) is 8.77. The van der Waals surface area contributed by atoms with Gasteiger partial charge in [-0.05, 0) is 6.92 Å². The molecule has 1 aliphatic heterocycles. The minimum absolute atomic E-state index is 0.581. The number of nitrogens with zero attached hydrogens (tertiary/aromatic N) is 4. The van der Waals surface area contributed by atoms with E-state index < -0.39 is 0 Å². The van der Waals surface area contributed by atoms with Crippen molar-refractivity contribution in [3.8, 4) is 0 Å². The van der Waals surface area contributed by atoms with Crippen molar-refractivity contribution in [2.45, 2.75) is 19.5 Å². The molecule has 14 heavy (non-hydrogen) atoms. The van der Waals surface area contributed by atoms with Gasteiger partial charge in [0.15, 0.2) is 0 Å². The fourth-order valence-corrected chi connectivity index (χ4v) is 1.82. The first kappa shape index (κ1) is 9.61. The monoisotopic (exact) mass is 195 g/mol. The van der Waals surface area contributed by atoms with Gasteiger partial charge in [-0.1, -0.05) is 0 Å². The summed E-state index contributed by atoms with van der Waals surface area (Å²) in [6.07, 6.45) is 1.61. The SMILES string of the molecule is C[C@H]1CN(Cc2ncnn2C)CCN1. The van der Waals surface area contributed by atoms with Crippen molar-refractivity contribution in [3.05, 3.63) is 12.2 Å². The van der Waals surface area contributed by atoms with Crippen molar-refractivity contribution >= 4 is 0 Å². The summed E-state index contributed by atoms with van der Waals surface area (Å²) in [4.78, 5) is 6.63. The van der Waals surface area contributed by atoms with Gasteiger partial charge in [0.25, 0.3) is 0 Å². The molecule has 0 aliphatic carbocycles. The van der Waals surface area contributed by atoms with Gasteiger partial charge in [-0.3, -0.25) is 9.58 Å². The molecule has 5 nitrogen and oxygen atoms in total. The van der Waals surface area contributed by atoms with Crippen LogP contribution in [0, 0.1) is 0 Å². The van der Waals surface area contributed by atoms with Crippen LogP contribution in [0.25, 0.3) is 0 Å². The maximum atomic E-state index is 4.22. The van der Waals surface area contributed by atoms with Crippen LogP contribution in [0.3, 0.4) is 0 Å². The standard InChI is InChI=1S/C9H17N5/c1-8-5-14(4-3-10-8)6-9-11-7-12-13(9)2/h7-8,10H,3-6H2,1-2H3/t8-/m0/s1. The van der Waals surface area contributed by atoms with E-state index >= 15 is 0 Å². The topological polar surface area (TPSA) is 46.0 Å². The lowest BCUT2D eigenvalue weighted by Crippen LogP contribution is -2.48. The van der Waals surface area contributed by atoms with Gasteiger partial charge in [0.1, 0.15) is 12.2 Å². The Hall–Kier alpha value is -0.940. The van der Waals surface area contributed by atoms with E-state index in [4.69, 9.17) is 0 Å². The maximum Gasteiger partial charge on any atom is 0.140 e. The smallest absolute Gasteiger partial charge is 0.140 e. The van der Waals surface area contributed by atoms with Gasteiger partial charge in [0.2, 0.25) is 0 Å². The van der Waals surface area contributed by atoms with Gasteiger partial charge >= 0.3 is 0 Å². The molecule has 0 amide bonds. The number of rotatable bonds is 2. The molecule has 1 aromatic rings. The van der Waals surface area contributed by atoms with Crippen LogP contribution < -0.4 is 5.32 Å². The van der Waals surface area contributed by atoms with E-state index in [-0.39, 0.29) is 0 Å². The van der Waals surface area contributed by atoms with E-state index in [0.29, 0.717) is 6.04 Å². The molecule has 0 bridgehead atoms. The van der Waals surface area contributed by atoms with Crippen LogP contribution in [0.15, 0.2) is 6.33 Å². The van der Waals surface area contributed by atoms with E-state index in [2.05, 4.69) is 27.2 Å². The Labute approximate surface area is 84.1 Å². The first-order valence-electron chi connectivity index (χ1n) is 5.04. The van der Waals surface area contributed by atoms with Gasteiger partial charge in [0, 0.05) is 32.7 Å². The minimum Gasteiger partial charge on any atom is -0.312 e. The van der Waals surface area contributed by atoms with Crippen LogP contribution in [-0.4, -0.2) is 45.3 Å². The number of aromatic nitrogens is 3. The first-order chi connectivity index (χ1) is 6.75. The predicted octanol–water partition coefficient (Wildman–Crippen LogP) is -0.391. The largest absolute Gasteiger partial charge is 0.312 e. The molecule has 1 saturated heterocycles. The molecule has 1 aliphatic rings. The lowest BCUT2D eigenvalue weighted by Gasteiger charge is -2.31. The fourth-order valence-electron chi connectivity index (χ4n) is 1.82. The molecule has 5 heteroatoms. The second-order valence-electron chi connectivity index (χ2n) is 3.89. The third-order valence-electron chi connectivity index (χ3n) is 2.62. The summed E-state index contributed by atoms with van der Waals surface area (Å²) >= 11 is 0. The molecule has 0 radical (unpaired) electrons. The Bertz CT molecular complexity index is 295. The van der Waals surface area contributed by atoms with Gasteiger partial charge in [0.05, 0.1) is 6.54 Å². The highest BCUT2D eigenvalue weighted by Crippen LogP contribution is 2.03. The second-order valence-corrected chi connectivity index (χ2v) is 3.89. The summed E-state index contributed by atoms with van der Waals surface area (Å²) < 4.78 is 1.84. The normalized spacial score (nSPS) is 24.0. The van der Waals surface area contributed by atoms with Crippen LogP contribution in [0.4, 0.5) is 0 Å². The van der Waals surface area contributed by atoms with Crippen molar-refractivity contribution in [1.29, 1.82) is 0 Å². The highest BCUT2D eigenvalue weighted by molar-refractivity contribution is 4.86. The van der Waals surface area contributed by atoms with E-state index in [0.717, 1.165) is 32.0 Å². The zero-order chi connectivity index (χ0) is 9.97. The molecular weight excluding hydrogens is 178 g/mol. The molecule has 0 spiro atoms. The molecule has 1 aromatic heterocycles. The van der Waals surface area contributed by atoms with E-state index in [1.807, 2.05) is 11.7 Å². The number of hydrogen-bond acceptors (Lipinski definition) is 4. The lowest BCUT2D eigenvalue weighted by atomic mass is 10.2. The Kier molecular flexibility index (Phi) is 2.79. The minimum atomic E-state index is 0.581.